The molecule has 22 heavy (non-hydrogen) atoms. The minimum Gasteiger partial charge on any atom is -0.489 e. The Morgan fingerprint density at radius 3 is 2.27 bits per heavy atom. The Morgan fingerprint density at radius 2 is 1.68 bits per heavy atom. The SMILES string of the molecule is CCOC(=O)C(CC)c1ccc(OCc2ccccc2)cc1. The van der Waals surface area contributed by atoms with E-state index in [-0.39, 0.29) is 11.9 Å². The molecule has 1 atom stereocenters. The lowest BCUT2D eigenvalue weighted by atomic mass is 9.96. The molecule has 0 amide bonds. The van der Waals surface area contributed by atoms with Gasteiger partial charge in [-0.15, -0.1) is 0 Å². The van der Waals surface area contributed by atoms with Crippen LogP contribution in [0.2, 0.25) is 0 Å². The maximum absolute atomic E-state index is 11.9. The number of benzene rings is 2. The van der Waals surface area contributed by atoms with Gasteiger partial charge in [0, 0.05) is 0 Å². The first-order valence-corrected chi connectivity index (χ1v) is 7.68. The molecule has 0 bridgehead atoms. The zero-order valence-corrected chi connectivity index (χ0v) is 13.1. The highest BCUT2D eigenvalue weighted by Gasteiger charge is 2.19. The average molecular weight is 298 g/mol. The minimum atomic E-state index is -0.205. The molecule has 3 heteroatoms. The van der Waals surface area contributed by atoms with E-state index >= 15 is 0 Å². The van der Waals surface area contributed by atoms with Crippen LogP contribution in [-0.4, -0.2) is 12.6 Å². The third kappa shape index (κ3) is 4.35. The predicted molar refractivity (Wildman–Crippen MR) is 86.9 cm³/mol. The van der Waals surface area contributed by atoms with Gasteiger partial charge in [-0.3, -0.25) is 4.79 Å². The second-order valence-electron chi connectivity index (χ2n) is 5.06. The molecule has 0 aliphatic carbocycles. The number of hydrogen-bond acceptors (Lipinski definition) is 3. The summed E-state index contributed by atoms with van der Waals surface area (Å²) in [6, 6.07) is 17.7. The number of esters is 1. The molecule has 2 aromatic rings. The van der Waals surface area contributed by atoms with E-state index in [0.717, 1.165) is 23.3 Å². The molecule has 3 nitrogen and oxygen atoms in total. The number of ether oxygens (including phenoxy) is 2. The van der Waals surface area contributed by atoms with Crippen LogP contribution in [0.15, 0.2) is 54.6 Å². The van der Waals surface area contributed by atoms with Gasteiger partial charge in [-0.2, -0.15) is 0 Å². The molecule has 0 aliphatic rings. The number of hydrogen-bond donors (Lipinski definition) is 0. The molecule has 0 spiro atoms. The molecule has 2 rings (SSSR count). The molecule has 0 aromatic heterocycles. The fourth-order valence-corrected chi connectivity index (χ4v) is 2.32. The molecule has 0 radical (unpaired) electrons. The Morgan fingerprint density at radius 1 is 1.00 bits per heavy atom. The van der Waals surface area contributed by atoms with E-state index in [1.54, 1.807) is 0 Å². The van der Waals surface area contributed by atoms with Crippen LogP contribution >= 0.6 is 0 Å². The molecule has 116 valence electrons. The van der Waals surface area contributed by atoms with E-state index in [1.165, 1.54) is 0 Å². The molecule has 0 N–H and O–H groups in total. The summed E-state index contributed by atoms with van der Waals surface area (Å²) in [7, 11) is 0. The monoisotopic (exact) mass is 298 g/mol. The van der Waals surface area contributed by atoms with Crippen molar-refractivity contribution in [2.24, 2.45) is 0 Å². The topological polar surface area (TPSA) is 35.5 Å². The van der Waals surface area contributed by atoms with Crippen molar-refractivity contribution in [3.8, 4) is 5.75 Å². The van der Waals surface area contributed by atoms with E-state index in [0.29, 0.717) is 13.2 Å². The van der Waals surface area contributed by atoms with Gasteiger partial charge in [0.05, 0.1) is 12.5 Å². The molecular weight excluding hydrogens is 276 g/mol. The Hall–Kier alpha value is -2.29. The molecule has 1 unspecified atom stereocenters. The van der Waals surface area contributed by atoms with Gasteiger partial charge >= 0.3 is 5.97 Å². The fraction of sp³-hybridized carbons (Fsp3) is 0.316. The van der Waals surface area contributed by atoms with Crippen LogP contribution in [0.4, 0.5) is 0 Å². The second kappa shape index (κ2) is 8.23. The Labute approximate surface area is 131 Å². The molecule has 0 saturated heterocycles. The van der Waals surface area contributed by atoms with Crippen molar-refractivity contribution >= 4 is 5.97 Å². The summed E-state index contributed by atoms with van der Waals surface area (Å²) in [6.45, 7) is 4.76. The first-order valence-electron chi connectivity index (χ1n) is 7.68. The van der Waals surface area contributed by atoms with Crippen LogP contribution in [0.5, 0.6) is 5.75 Å². The van der Waals surface area contributed by atoms with Gasteiger partial charge in [0.15, 0.2) is 0 Å². The first kappa shape index (κ1) is 16.1. The van der Waals surface area contributed by atoms with E-state index in [1.807, 2.05) is 68.4 Å². The quantitative estimate of drug-likeness (QED) is 0.714. The van der Waals surface area contributed by atoms with Gasteiger partial charge in [-0.1, -0.05) is 49.4 Å². The Balaban J connectivity index is 1.98. The number of carbonyl (C=O) groups excluding carboxylic acids is 1. The van der Waals surface area contributed by atoms with Crippen molar-refractivity contribution in [2.75, 3.05) is 6.61 Å². The van der Waals surface area contributed by atoms with Crippen molar-refractivity contribution in [1.29, 1.82) is 0 Å². The van der Waals surface area contributed by atoms with Crippen molar-refractivity contribution in [3.63, 3.8) is 0 Å². The highest BCUT2D eigenvalue weighted by molar-refractivity contribution is 5.78. The van der Waals surface area contributed by atoms with E-state index in [2.05, 4.69) is 0 Å². The van der Waals surface area contributed by atoms with Crippen LogP contribution in [0, 0.1) is 0 Å². The maximum atomic E-state index is 11.9. The van der Waals surface area contributed by atoms with Gasteiger partial charge in [-0.25, -0.2) is 0 Å². The maximum Gasteiger partial charge on any atom is 0.313 e. The average Bonchev–Trinajstić information content (AvgIpc) is 2.56. The van der Waals surface area contributed by atoms with Crippen LogP contribution in [0.3, 0.4) is 0 Å². The standard InChI is InChI=1S/C19H22O3/c1-3-18(19(20)21-4-2)16-10-12-17(13-11-16)22-14-15-8-6-5-7-9-15/h5-13,18H,3-4,14H2,1-2H3. The lowest BCUT2D eigenvalue weighted by molar-refractivity contribution is -0.145. The zero-order chi connectivity index (χ0) is 15.8. The highest BCUT2D eigenvalue weighted by Crippen LogP contribution is 2.24. The van der Waals surface area contributed by atoms with Gasteiger partial charge in [0.25, 0.3) is 0 Å². The summed E-state index contributed by atoms with van der Waals surface area (Å²) >= 11 is 0. The van der Waals surface area contributed by atoms with Gasteiger partial charge in [0.2, 0.25) is 0 Å². The van der Waals surface area contributed by atoms with Crippen molar-refractivity contribution in [3.05, 3.63) is 65.7 Å². The Kier molecular flexibility index (Phi) is 6.01. The van der Waals surface area contributed by atoms with Crippen LogP contribution in [0.1, 0.15) is 37.3 Å². The summed E-state index contributed by atoms with van der Waals surface area (Å²) in [5.74, 6) is 0.428. The smallest absolute Gasteiger partial charge is 0.313 e. The molecule has 0 heterocycles. The van der Waals surface area contributed by atoms with E-state index in [4.69, 9.17) is 9.47 Å². The van der Waals surface area contributed by atoms with Crippen LogP contribution < -0.4 is 4.74 Å². The summed E-state index contributed by atoms with van der Waals surface area (Å²) < 4.78 is 10.9. The zero-order valence-electron chi connectivity index (χ0n) is 13.1. The fourth-order valence-electron chi connectivity index (χ4n) is 2.32. The van der Waals surface area contributed by atoms with E-state index in [9.17, 15) is 4.79 Å². The normalized spacial score (nSPS) is 11.7. The van der Waals surface area contributed by atoms with Crippen LogP contribution in [-0.2, 0) is 16.1 Å². The molecule has 0 saturated carbocycles. The molecule has 0 aliphatic heterocycles. The first-order chi connectivity index (χ1) is 10.7. The third-order valence-corrected chi connectivity index (χ3v) is 3.51. The number of carbonyl (C=O) groups is 1. The lowest BCUT2D eigenvalue weighted by Crippen LogP contribution is -2.15. The van der Waals surface area contributed by atoms with Crippen molar-refractivity contribution in [2.45, 2.75) is 32.8 Å². The largest absolute Gasteiger partial charge is 0.489 e. The number of rotatable bonds is 7. The van der Waals surface area contributed by atoms with Crippen molar-refractivity contribution in [1.82, 2.24) is 0 Å². The summed E-state index contributed by atoms with van der Waals surface area (Å²) in [5.41, 5.74) is 2.09. The molecule has 0 fully saturated rings. The van der Waals surface area contributed by atoms with Gasteiger partial charge < -0.3 is 9.47 Å². The van der Waals surface area contributed by atoms with Crippen LogP contribution in [0.25, 0.3) is 0 Å². The molecular formula is C19H22O3. The third-order valence-electron chi connectivity index (χ3n) is 3.51. The predicted octanol–water partition coefficient (Wildman–Crippen LogP) is 4.32. The Bertz CT molecular complexity index is 575. The summed E-state index contributed by atoms with van der Waals surface area (Å²) in [4.78, 5) is 11.9. The van der Waals surface area contributed by atoms with Gasteiger partial charge in [-0.05, 0) is 36.6 Å². The molecule has 2 aromatic carbocycles. The summed E-state index contributed by atoms with van der Waals surface area (Å²) in [5, 5.41) is 0. The minimum absolute atomic E-state index is 0.164. The van der Waals surface area contributed by atoms with Crippen molar-refractivity contribution < 1.29 is 14.3 Å². The lowest BCUT2D eigenvalue weighted by Gasteiger charge is -2.14. The second-order valence-corrected chi connectivity index (χ2v) is 5.06. The highest BCUT2D eigenvalue weighted by atomic mass is 16.5. The van der Waals surface area contributed by atoms with E-state index < -0.39 is 0 Å². The van der Waals surface area contributed by atoms with Gasteiger partial charge in [0.1, 0.15) is 12.4 Å². The summed E-state index contributed by atoms with van der Waals surface area (Å²) in [6.07, 6.45) is 0.725.